The lowest BCUT2D eigenvalue weighted by Gasteiger charge is -2.42. The number of piperazine rings is 1. The monoisotopic (exact) mass is 590 g/mol. The van der Waals surface area contributed by atoms with E-state index in [0.717, 1.165) is 18.4 Å². The molecule has 3 amide bonds. The first kappa shape index (κ1) is 29.6. The number of nitrogens with one attached hydrogen (secondary N) is 2. The van der Waals surface area contributed by atoms with E-state index in [1.165, 1.54) is 0 Å². The third-order valence-electron chi connectivity index (χ3n) is 9.10. The smallest absolute Gasteiger partial charge is 0.258 e. The number of hydrogen-bond donors (Lipinski definition) is 2. The Kier molecular flexibility index (Phi) is 9.55. The van der Waals surface area contributed by atoms with Crippen molar-refractivity contribution in [3.05, 3.63) is 65.7 Å². The fraction of sp³-hybridized carbons (Fsp3) is 0.545. The van der Waals surface area contributed by atoms with Gasteiger partial charge in [-0.25, -0.2) is 0 Å². The van der Waals surface area contributed by atoms with Crippen LogP contribution in [-0.4, -0.2) is 97.8 Å². The van der Waals surface area contributed by atoms with E-state index in [-0.39, 0.29) is 48.4 Å². The molecule has 0 radical (unpaired) electrons. The van der Waals surface area contributed by atoms with Crippen molar-refractivity contribution < 1.29 is 28.6 Å². The van der Waals surface area contributed by atoms with Crippen molar-refractivity contribution in [3.8, 4) is 5.75 Å². The van der Waals surface area contributed by atoms with Crippen LogP contribution >= 0.6 is 0 Å². The standard InChI is InChI=1S/C33H42N4O6/c38-31(24-12-17-41-18-13-24)35-27-11-10-25-14-19-42-29-9-5-4-8-26(29)33(40)37-16-15-36(21-23-6-2-1-3-7-23)22-28(37)32(39)34-20-30(27)43-25/h1-9,24-25,27-28,30H,10-22H2,(H,34,39)(H,35,38)/t25-,27+,28-,30+/m0/s1. The lowest BCUT2D eigenvalue weighted by atomic mass is 9.94. The lowest BCUT2D eigenvalue weighted by Crippen LogP contribution is -2.62. The Morgan fingerprint density at radius 1 is 0.907 bits per heavy atom. The van der Waals surface area contributed by atoms with Crippen molar-refractivity contribution in [1.82, 2.24) is 20.4 Å². The number of rotatable bonds is 4. The number of nitrogens with zero attached hydrogens (tertiary/aromatic N) is 2. The minimum Gasteiger partial charge on any atom is -0.493 e. The van der Waals surface area contributed by atoms with Crippen LogP contribution in [0.1, 0.15) is 48.0 Å². The second-order valence-electron chi connectivity index (χ2n) is 12.0. The number of ether oxygens (including phenoxy) is 3. The molecule has 3 saturated heterocycles. The average Bonchev–Trinajstić information content (AvgIpc) is 3.05. The van der Waals surface area contributed by atoms with Gasteiger partial charge in [0, 0.05) is 58.3 Å². The highest BCUT2D eigenvalue weighted by molar-refractivity contribution is 6.00. The molecule has 4 heterocycles. The topological polar surface area (TPSA) is 109 Å². The summed E-state index contributed by atoms with van der Waals surface area (Å²) in [5, 5.41) is 6.35. The fourth-order valence-electron chi connectivity index (χ4n) is 6.63. The largest absolute Gasteiger partial charge is 0.493 e. The van der Waals surface area contributed by atoms with Gasteiger partial charge >= 0.3 is 0 Å². The van der Waals surface area contributed by atoms with E-state index in [9.17, 15) is 14.4 Å². The highest BCUT2D eigenvalue weighted by Gasteiger charge is 2.39. The predicted octanol–water partition coefficient (Wildman–Crippen LogP) is 2.37. The molecule has 0 unspecified atom stereocenters. The first-order valence-corrected chi connectivity index (χ1v) is 15.7. The summed E-state index contributed by atoms with van der Waals surface area (Å²) in [5.74, 6) is 0.0588. The van der Waals surface area contributed by atoms with Crippen LogP contribution in [0, 0.1) is 5.92 Å². The van der Waals surface area contributed by atoms with Crippen LogP contribution in [0.2, 0.25) is 0 Å². The van der Waals surface area contributed by atoms with E-state index in [4.69, 9.17) is 14.2 Å². The van der Waals surface area contributed by atoms with Gasteiger partial charge < -0.3 is 29.7 Å². The predicted molar refractivity (Wildman–Crippen MR) is 159 cm³/mol. The van der Waals surface area contributed by atoms with Gasteiger partial charge in [0.05, 0.1) is 30.4 Å². The molecule has 0 aliphatic carbocycles. The third kappa shape index (κ3) is 7.20. The molecule has 4 atom stereocenters. The van der Waals surface area contributed by atoms with Crippen molar-refractivity contribution >= 4 is 17.7 Å². The maximum Gasteiger partial charge on any atom is 0.258 e. The van der Waals surface area contributed by atoms with E-state index in [1.807, 2.05) is 36.4 Å². The second-order valence-corrected chi connectivity index (χ2v) is 12.0. The molecule has 3 fully saturated rings. The number of para-hydroxylation sites is 1. The van der Waals surface area contributed by atoms with Crippen molar-refractivity contribution in [2.24, 2.45) is 5.92 Å². The van der Waals surface area contributed by atoms with E-state index in [0.29, 0.717) is 76.6 Å². The van der Waals surface area contributed by atoms with Gasteiger partial charge in [-0.05, 0) is 43.4 Å². The number of benzene rings is 2. The maximum atomic E-state index is 13.9. The molecular weight excluding hydrogens is 548 g/mol. The van der Waals surface area contributed by atoms with Crippen LogP contribution in [0.15, 0.2) is 54.6 Å². The van der Waals surface area contributed by atoms with Crippen molar-refractivity contribution in [1.29, 1.82) is 0 Å². The summed E-state index contributed by atoms with van der Waals surface area (Å²) in [4.78, 5) is 44.8. The summed E-state index contributed by atoms with van der Waals surface area (Å²) < 4.78 is 18.1. The Hall–Kier alpha value is -3.47. The van der Waals surface area contributed by atoms with E-state index in [2.05, 4.69) is 27.7 Å². The first-order chi connectivity index (χ1) is 21.0. The van der Waals surface area contributed by atoms with E-state index >= 15 is 0 Å². The zero-order chi connectivity index (χ0) is 29.6. The van der Waals surface area contributed by atoms with Gasteiger partial charge in [-0.15, -0.1) is 0 Å². The summed E-state index contributed by atoms with van der Waals surface area (Å²) in [7, 11) is 0. The molecule has 43 heavy (non-hydrogen) atoms. The number of amides is 3. The molecule has 4 aliphatic heterocycles. The number of carbonyl (C=O) groups is 3. The molecule has 4 aliphatic rings. The minimum absolute atomic E-state index is 0.0293. The number of fused-ring (bicyclic) bond motifs is 4. The summed E-state index contributed by atoms with van der Waals surface area (Å²) in [5.41, 5.74) is 1.62. The Morgan fingerprint density at radius 2 is 1.70 bits per heavy atom. The Labute approximate surface area is 253 Å². The van der Waals surface area contributed by atoms with Crippen LogP contribution in [0.4, 0.5) is 0 Å². The third-order valence-corrected chi connectivity index (χ3v) is 9.10. The van der Waals surface area contributed by atoms with Crippen LogP contribution in [0.3, 0.4) is 0 Å². The van der Waals surface area contributed by atoms with E-state index in [1.54, 1.807) is 11.0 Å². The highest BCUT2D eigenvalue weighted by atomic mass is 16.5. The van der Waals surface area contributed by atoms with Gasteiger partial charge in [-0.1, -0.05) is 42.5 Å². The Balaban J connectivity index is 1.22. The Morgan fingerprint density at radius 3 is 2.53 bits per heavy atom. The van der Waals surface area contributed by atoms with E-state index < -0.39 is 6.04 Å². The van der Waals surface area contributed by atoms with Crippen molar-refractivity contribution in [3.63, 3.8) is 0 Å². The minimum atomic E-state index is -0.685. The molecule has 6 rings (SSSR count). The first-order valence-electron chi connectivity index (χ1n) is 15.7. The van der Waals surface area contributed by atoms with Gasteiger partial charge in [-0.2, -0.15) is 0 Å². The molecule has 10 nitrogen and oxygen atoms in total. The summed E-state index contributed by atoms with van der Waals surface area (Å²) in [6.07, 6.45) is 3.16. The van der Waals surface area contributed by atoms with Gasteiger partial charge in [0.2, 0.25) is 11.8 Å². The quantitative estimate of drug-likeness (QED) is 0.563. The Bertz CT molecular complexity index is 1270. The van der Waals surface area contributed by atoms with Crippen LogP contribution in [0.25, 0.3) is 0 Å². The van der Waals surface area contributed by atoms with Gasteiger partial charge in [0.25, 0.3) is 5.91 Å². The van der Waals surface area contributed by atoms with Gasteiger partial charge in [0.15, 0.2) is 0 Å². The van der Waals surface area contributed by atoms with Gasteiger partial charge in [0.1, 0.15) is 11.8 Å². The number of carbonyl (C=O) groups excluding carboxylic acids is 3. The summed E-state index contributed by atoms with van der Waals surface area (Å²) >= 11 is 0. The molecule has 2 bridgehead atoms. The van der Waals surface area contributed by atoms with Crippen LogP contribution in [-0.2, 0) is 25.6 Å². The average molecular weight is 591 g/mol. The SMILES string of the molecule is O=C(N[C@@H]1CC[C@H]2CCOc3ccccc3C(=O)N3CCN(Cc4ccccc4)C[C@H]3C(=O)NC[C@H]1O2)C1CCOCC1. The zero-order valence-electron chi connectivity index (χ0n) is 24.6. The zero-order valence-corrected chi connectivity index (χ0v) is 24.6. The molecule has 0 spiro atoms. The maximum absolute atomic E-state index is 13.9. The van der Waals surface area contributed by atoms with Crippen LogP contribution < -0.4 is 15.4 Å². The molecular formula is C33H42N4O6. The molecule has 0 aromatic heterocycles. The highest BCUT2D eigenvalue weighted by Crippen LogP contribution is 2.27. The summed E-state index contributed by atoms with van der Waals surface area (Å²) in [6.45, 7) is 4.03. The fourth-order valence-corrected chi connectivity index (χ4v) is 6.63. The van der Waals surface area contributed by atoms with Crippen molar-refractivity contribution in [2.75, 3.05) is 46.0 Å². The molecule has 0 saturated carbocycles. The molecule has 10 heteroatoms. The van der Waals surface area contributed by atoms with Crippen LogP contribution in [0.5, 0.6) is 5.75 Å². The summed E-state index contributed by atoms with van der Waals surface area (Å²) in [6, 6.07) is 16.5. The molecule has 2 aromatic carbocycles. The number of hydrogen-bond acceptors (Lipinski definition) is 7. The van der Waals surface area contributed by atoms with Gasteiger partial charge in [-0.3, -0.25) is 19.3 Å². The lowest BCUT2D eigenvalue weighted by molar-refractivity contribution is -0.134. The molecule has 2 N–H and O–H groups in total. The second kappa shape index (κ2) is 13.9. The normalized spacial score (nSPS) is 27.6. The molecule has 2 aromatic rings. The molecule has 230 valence electrons. The van der Waals surface area contributed by atoms with Crippen molar-refractivity contribution in [2.45, 2.75) is 62.9 Å².